The van der Waals surface area contributed by atoms with Gasteiger partial charge in [-0.25, -0.2) is 0 Å². The van der Waals surface area contributed by atoms with Crippen LogP contribution in [0.3, 0.4) is 0 Å². The van der Waals surface area contributed by atoms with Crippen LogP contribution in [0.2, 0.25) is 0 Å². The number of aliphatic hydroxyl groups excluding tert-OH is 1. The molecular weight excluding hydrogens is 270 g/mol. The molecule has 1 saturated heterocycles. The molecule has 1 aliphatic heterocycles. The summed E-state index contributed by atoms with van der Waals surface area (Å²) in [6, 6.07) is 0.213. The van der Waals surface area contributed by atoms with Gasteiger partial charge in [0.05, 0.1) is 18.7 Å². The maximum atomic E-state index is 12.4. The first-order chi connectivity index (χ1) is 10.1. The first-order valence-corrected chi connectivity index (χ1v) is 7.61. The van der Waals surface area contributed by atoms with Crippen molar-refractivity contribution in [1.82, 2.24) is 15.0 Å². The van der Waals surface area contributed by atoms with Crippen LogP contribution in [0.15, 0.2) is 4.52 Å². The van der Waals surface area contributed by atoms with E-state index in [2.05, 4.69) is 17.0 Å². The van der Waals surface area contributed by atoms with E-state index < -0.39 is 0 Å². The van der Waals surface area contributed by atoms with Crippen LogP contribution >= 0.6 is 0 Å². The number of carbonyl (C=O) groups excluding carboxylic acids is 1. The van der Waals surface area contributed by atoms with E-state index in [1.54, 1.807) is 0 Å². The lowest BCUT2D eigenvalue weighted by molar-refractivity contribution is -0.132. The van der Waals surface area contributed by atoms with Crippen LogP contribution in [0.5, 0.6) is 0 Å². The normalized spacial score (nSPS) is 18.0. The molecule has 1 N–H and O–H groups in total. The van der Waals surface area contributed by atoms with Crippen LogP contribution in [-0.2, 0) is 11.2 Å². The lowest BCUT2D eigenvalue weighted by Crippen LogP contribution is -2.53. The third kappa shape index (κ3) is 3.63. The minimum absolute atomic E-state index is 0.126. The van der Waals surface area contributed by atoms with Crippen LogP contribution < -0.4 is 0 Å². The molecule has 1 unspecified atom stereocenters. The minimum Gasteiger partial charge on any atom is -0.395 e. The molecule has 1 atom stereocenters. The molecule has 1 fully saturated rings. The van der Waals surface area contributed by atoms with Crippen molar-refractivity contribution in [2.24, 2.45) is 0 Å². The Bertz CT molecular complexity index is 455. The van der Waals surface area contributed by atoms with E-state index in [9.17, 15) is 9.90 Å². The van der Waals surface area contributed by atoms with Crippen molar-refractivity contribution in [3.63, 3.8) is 0 Å². The van der Waals surface area contributed by atoms with Crippen molar-refractivity contribution < 1.29 is 14.4 Å². The van der Waals surface area contributed by atoms with E-state index >= 15 is 0 Å². The number of aryl methyl sites for hydroxylation is 2. The number of aliphatic hydroxyl groups is 1. The van der Waals surface area contributed by atoms with Crippen LogP contribution in [0.4, 0.5) is 0 Å². The summed E-state index contributed by atoms with van der Waals surface area (Å²) in [5.74, 6) is 0.854. The van der Waals surface area contributed by atoms with Crippen LogP contribution in [0, 0.1) is 13.8 Å². The molecule has 1 aromatic rings. The van der Waals surface area contributed by atoms with E-state index in [0.29, 0.717) is 6.42 Å². The molecule has 6 nitrogen and oxygen atoms in total. The van der Waals surface area contributed by atoms with Gasteiger partial charge >= 0.3 is 0 Å². The number of hydrogen-bond donors (Lipinski definition) is 1. The van der Waals surface area contributed by atoms with Gasteiger partial charge in [-0.1, -0.05) is 12.1 Å². The van der Waals surface area contributed by atoms with Crippen molar-refractivity contribution in [3.8, 4) is 0 Å². The van der Waals surface area contributed by atoms with E-state index in [0.717, 1.165) is 49.6 Å². The average molecular weight is 295 g/mol. The lowest BCUT2D eigenvalue weighted by Gasteiger charge is -2.38. The van der Waals surface area contributed by atoms with E-state index in [4.69, 9.17) is 4.52 Å². The van der Waals surface area contributed by atoms with E-state index in [1.165, 1.54) is 0 Å². The molecule has 0 radical (unpaired) electrons. The Morgan fingerprint density at radius 3 is 2.48 bits per heavy atom. The van der Waals surface area contributed by atoms with E-state index in [-0.39, 0.29) is 18.6 Å². The Labute approximate surface area is 125 Å². The molecule has 118 valence electrons. The smallest absolute Gasteiger partial charge is 0.227 e. The zero-order valence-corrected chi connectivity index (χ0v) is 13.1. The molecule has 0 saturated carbocycles. The van der Waals surface area contributed by atoms with Gasteiger partial charge < -0.3 is 14.5 Å². The summed E-state index contributed by atoms with van der Waals surface area (Å²) >= 11 is 0. The first kappa shape index (κ1) is 16.0. The average Bonchev–Trinajstić information content (AvgIpc) is 2.81. The molecule has 6 heteroatoms. The molecular formula is C15H25N3O3. The Kier molecular flexibility index (Phi) is 5.36. The highest BCUT2D eigenvalue weighted by Crippen LogP contribution is 2.15. The van der Waals surface area contributed by atoms with E-state index in [1.807, 2.05) is 18.7 Å². The third-order valence-electron chi connectivity index (χ3n) is 4.37. The minimum atomic E-state index is 0.126. The van der Waals surface area contributed by atoms with Crippen molar-refractivity contribution >= 4 is 5.91 Å². The topological polar surface area (TPSA) is 69.8 Å². The largest absolute Gasteiger partial charge is 0.395 e. The first-order valence-electron chi connectivity index (χ1n) is 7.61. The van der Waals surface area contributed by atoms with Gasteiger partial charge in [0.25, 0.3) is 0 Å². The molecule has 0 spiro atoms. The van der Waals surface area contributed by atoms with Gasteiger partial charge in [0.15, 0.2) is 0 Å². The van der Waals surface area contributed by atoms with Crippen LogP contribution in [0.1, 0.15) is 30.4 Å². The van der Waals surface area contributed by atoms with Crippen molar-refractivity contribution in [2.75, 3.05) is 32.8 Å². The summed E-state index contributed by atoms with van der Waals surface area (Å²) in [7, 11) is 0. The number of piperazine rings is 1. The number of amides is 1. The summed E-state index contributed by atoms with van der Waals surface area (Å²) in [5.41, 5.74) is 1.70. The lowest BCUT2D eigenvalue weighted by atomic mass is 10.1. The molecule has 1 aliphatic rings. The van der Waals surface area contributed by atoms with Gasteiger partial charge in [-0.15, -0.1) is 0 Å². The van der Waals surface area contributed by atoms with Crippen molar-refractivity contribution in [1.29, 1.82) is 0 Å². The fraction of sp³-hybridized carbons (Fsp3) is 0.733. The van der Waals surface area contributed by atoms with Crippen molar-refractivity contribution in [3.05, 3.63) is 17.0 Å². The highest BCUT2D eigenvalue weighted by atomic mass is 16.5. The maximum Gasteiger partial charge on any atom is 0.227 e. The van der Waals surface area contributed by atoms with Gasteiger partial charge in [0.1, 0.15) is 5.76 Å². The predicted molar refractivity (Wildman–Crippen MR) is 79.0 cm³/mol. The zero-order chi connectivity index (χ0) is 15.4. The highest BCUT2D eigenvalue weighted by Gasteiger charge is 2.26. The standard InChI is InChI=1S/C15H25N3O3/c1-4-13(10-19)17-5-7-18(8-6-17)15(20)9-14-11(2)16-21-12(14)3/h13,19H,4-10H2,1-3H3. The van der Waals surface area contributed by atoms with Gasteiger partial charge in [-0.2, -0.15) is 0 Å². The van der Waals surface area contributed by atoms with Gasteiger partial charge in [0, 0.05) is 37.8 Å². The Hall–Kier alpha value is -1.40. The fourth-order valence-electron chi connectivity index (χ4n) is 2.86. The molecule has 0 bridgehead atoms. The molecule has 21 heavy (non-hydrogen) atoms. The monoisotopic (exact) mass is 295 g/mol. The molecule has 2 rings (SSSR count). The summed E-state index contributed by atoms with van der Waals surface area (Å²) in [5, 5.41) is 13.2. The summed E-state index contributed by atoms with van der Waals surface area (Å²) in [6.45, 7) is 9.06. The molecule has 0 aromatic carbocycles. The zero-order valence-electron chi connectivity index (χ0n) is 13.1. The second-order valence-electron chi connectivity index (χ2n) is 5.64. The summed E-state index contributed by atoms with van der Waals surface area (Å²) in [4.78, 5) is 16.5. The Balaban J connectivity index is 1.89. The van der Waals surface area contributed by atoms with Crippen LogP contribution in [0.25, 0.3) is 0 Å². The Morgan fingerprint density at radius 1 is 1.33 bits per heavy atom. The Morgan fingerprint density at radius 2 is 2.00 bits per heavy atom. The molecule has 0 aliphatic carbocycles. The second kappa shape index (κ2) is 7.04. The number of hydrogen-bond acceptors (Lipinski definition) is 5. The van der Waals surface area contributed by atoms with Crippen LogP contribution in [-0.4, -0.2) is 64.8 Å². The molecule has 2 heterocycles. The fourth-order valence-corrected chi connectivity index (χ4v) is 2.86. The van der Waals surface area contributed by atoms with Gasteiger partial charge in [-0.3, -0.25) is 9.69 Å². The molecule has 1 amide bonds. The summed E-state index contributed by atoms with van der Waals surface area (Å²) in [6.07, 6.45) is 1.29. The predicted octanol–water partition coefficient (Wildman–Crippen LogP) is 0.749. The number of aromatic nitrogens is 1. The van der Waals surface area contributed by atoms with Gasteiger partial charge in [0.2, 0.25) is 5.91 Å². The van der Waals surface area contributed by atoms with Crippen molar-refractivity contribution in [2.45, 2.75) is 39.7 Å². The number of nitrogens with zero attached hydrogens (tertiary/aromatic N) is 3. The molecule has 1 aromatic heterocycles. The number of carbonyl (C=O) groups is 1. The quantitative estimate of drug-likeness (QED) is 0.868. The second-order valence-corrected chi connectivity index (χ2v) is 5.64. The SMILES string of the molecule is CCC(CO)N1CCN(C(=O)Cc2c(C)noc2C)CC1. The summed E-state index contributed by atoms with van der Waals surface area (Å²) < 4.78 is 5.10. The third-order valence-corrected chi connectivity index (χ3v) is 4.37. The maximum absolute atomic E-state index is 12.4. The highest BCUT2D eigenvalue weighted by molar-refractivity contribution is 5.79. The van der Waals surface area contributed by atoms with Gasteiger partial charge in [-0.05, 0) is 20.3 Å². The number of rotatable bonds is 5.